The van der Waals surface area contributed by atoms with E-state index in [2.05, 4.69) is 17.2 Å². The second-order valence-corrected chi connectivity index (χ2v) is 4.85. The number of aryl methyl sites for hydroxylation is 1. The molecule has 1 aliphatic carbocycles. The fourth-order valence-electron chi connectivity index (χ4n) is 2.12. The summed E-state index contributed by atoms with van der Waals surface area (Å²) < 4.78 is 0. The molecule has 1 amide bonds. The molecule has 3 N–H and O–H groups in total. The van der Waals surface area contributed by atoms with E-state index in [1.54, 1.807) is 12.3 Å². The first-order valence-corrected chi connectivity index (χ1v) is 6.11. The molecule has 0 aromatic carbocycles. The Morgan fingerprint density at radius 2 is 2.29 bits per heavy atom. The topological polar surface area (TPSA) is 68.0 Å². The maximum atomic E-state index is 12.1. The van der Waals surface area contributed by atoms with Gasteiger partial charge in [0, 0.05) is 6.04 Å². The Morgan fingerprint density at radius 1 is 1.59 bits per heavy atom. The molecule has 1 saturated carbocycles. The van der Waals surface area contributed by atoms with Gasteiger partial charge >= 0.3 is 0 Å². The van der Waals surface area contributed by atoms with Gasteiger partial charge in [-0.3, -0.25) is 9.78 Å². The minimum atomic E-state index is -0.0679. The number of carbonyl (C=O) groups excluding carboxylic acids is 1. The number of aromatic nitrogens is 1. The summed E-state index contributed by atoms with van der Waals surface area (Å²) in [6.07, 6.45) is 5.29. The minimum Gasteiger partial charge on any atom is -0.397 e. The van der Waals surface area contributed by atoms with Crippen molar-refractivity contribution in [2.45, 2.75) is 39.2 Å². The molecule has 0 bridgehead atoms. The summed E-state index contributed by atoms with van der Waals surface area (Å²) in [5, 5.41) is 3.03. The molecule has 1 aromatic heterocycles. The van der Waals surface area contributed by atoms with E-state index >= 15 is 0 Å². The molecule has 2 rings (SSSR count). The number of anilines is 1. The van der Waals surface area contributed by atoms with Crippen LogP contribution in [0.4, 0.5) is 5.69 Å². The van der Waals surface area contributed by atoms with E-state index in [1.807, 2.05) is 6.92 Å². The quantitative estimate of drug-likeness (QED) is 0.837. The highest BCUT2D eigenvalue weighted by Crippen LogP contribution is 2.29. The van der Waals surface area contributed by atoms with Gasteiger partial charge in [0.15, 0.2) is 0 Å². The van der Waals surface area contributed by atoms with Crippen LogP contribution in [-0.2, 0) is 0 Å². The fraction of sp³-hybridized carbons (Fsp3) is 0.538. The maximum absolute atomic E-state index is 12.1. The zero-order valence-corrected chi connectivity index (χ0v) is 10.4. The van der Waals surface area contributed by atoms with Gasteiger partial charge in [0.25, 0.3) is 5.91 Å². The van der Waals surface area contributed by atoms with E-state index in [9.17, 15) is 4.79 Å². The molecule has 1 aromatic rings. The van der Waals surface area contributed by atoms with Gasteiger partial charge in [-0.25, -0.2) is 0 Å². The molecule has 0 radical (unpaired) electrons. The highest BCUT2D eigenvalue weighted by molar-refractivity contribution is 5.96. The number of nitrogens with two attached hydrogens (primary N) is 1. The van der Waals surface area contributed by atoms with Crippen molar-refractivity contribution in [3.63, 3.8) is 0 Å². The molecule has 0 spiro atoms. The van der Waals surface area contributed by atoms with Crippen molar-refractivity contribution in [1.29, 1.82) is 0 Å². The highest BCUT2D eigenvalue weighted by atomic mass is 16.1. The molecule has 1 aliphatic rings. The lowest BCUT2D eigenvalue weighted by Gasteiger charge is -2.31. The average molecular weight is 233 g/mol. The van der Waals surface area contributed by atoms with Gasteiger partial charge < -0.3 is 11.1 Å². The van der Waals surface area contributed by atoms with Crippen LogP contribution in [0.15, 0.2) is 12.3 Å². The first-order chi connectivity index (χ1) is 8.08. The second kappa shape index (κ2) is 4.73. The number of nitrogens with one attached hydrogen (secondary N) is 1. The van der Waals surface area contributed by atoms with Crippen molar-refractivity contribution in [2.24, 2.45) is 5.92 Å². The fourth-order valence-corrected chi connectivity index (χ4v) is 2.12. The van der Waals surface area contributed by atoms with Crippen LogP contribution in [0, 0.1) is 12.8 Å². The first-order valence-electron chi connectivity index (χ1n) is 6.11. The van der Waals surface area contributed by atoms with Gasteiger partial charge in [-0.05, 0) is 38.7 Å². The van der Waals surface area contributed by atoms with Crippen molar-refractivity contribution < 1.29 is 4.79 Å². The van der Waals surface area contributed by atoms with Crippen LogP contribution in [-0.4, -0.2) is 16.9 Å². The Bertz CT molecular complexity index is 427. The van der Waals surface area contributed by atoms with Gasteiger partial charge in [0.1, 0.15) is 0 Å². The van der Waals surface area contributed by atoms with Crippen LogP contribution in [0.1, 0.15) is 42.2 Å². The summed E-state index contributed by atoms with van der Waals surface area (Å²) in [7, 11) is 0. The van der Waals surface area contributed by atoms with Crippen LogP contribution >= 0.6 is 0 Å². The Kier molecular flexibility index (Phi) is 3.31. The highest BCUT2D eigenvalue weighted by Gasteiger charge is 2.25. The molecule has 4 heteroatoms. The predicted octanol–water partition coefficient (Wildman–Crippen LogP) is 1.89. The number of nitrogens with zero attached hydrogens (tertiary/aromatic N) is 1. The second-order valence-electron chi connectivity index (χ2n) is 4.85. The molecule has 92 valence electrons. The molecular formula is C13H19N3O. The maximum Gasteiger partial charge on any atom is 0.253 e. The van der Waals surface area contributed by atoms with Crippen molar-refractivity contribution in [3.8, 4) is 0 Å². The SMILES string of the molecule is Cc1ncc(N)cc1C(=O)NC(C)C1CCC1. The minimum absolute atomic E-state index is 0.0679. The number of hydrogen-bond acceptors (Lipinski definition) is 3. The van der Waals surface area contributed by atoms with Crippen molar-refractivity contribution in [1.82, 2.24) is 10.3 Å². The van der Waals surface area contributed by atoms with Gasteiger partial charge in [0.05, 0.1) is 23.1 Å². The molecule has 4 nitrogen and oxygen atoms in total. The zero-order valence-electron chi connectivity index (χ0n) is 10.4. The van der Waals surface area contributed by atoms with Gasteiger partial charge in [-0.15, -0.1) is 0 Å². The number of hydrogen-bond donors (Lipinski definition) is 2. The van der Waals surface area contributed by atoms with Crippen LogP contribution in [0.2, 0.25) is 0 Å². The van der Waals surface area contributed by atoms with E-state index < -0.39 is 0 Å². The summed E-state index contributed by atoms with van der Waals surface area (Å²) in [6, 6.07) is 1.92. The zero-order chi connectivity index (χ0) is 12.4. The number of amides is 1. The Labute approximate surface area is 102 Å². The number of nitrogen functional groups attached to an aromatic ring is 1. The molecule has 1 fully saturated rings. The lowest BCUT2D eigenvalue weighted by atomic mass is 9.80. The van der Waals surface area contributed by atoms with Gasteiger partial charge in [-0.1, -0.05) is 6.42 Å². The Hall–Kier alpha value is -1.58. The largest absolute Gasteiger partial charge is 0.397 e. The molecule has 17 heavy (non-hydrogen) atoms. The van der Waals surface area contributed by atoms with E-state index in [4.69, 9.17) is 5.73 Å². The molecule has 0 saturated heterocycles. The molecular weight excluding hydrogens is 214 g/mol. The summed E-state index contributed by atoms with van der Waals surface area (Å²) in [5.74, 6) is 0.565. The lowest BCUT2D eigenvalue weighted by molar-refractivity contribution is 0.0908. The number of pyridine rings is 1. The van der Waals surface area contributed by atoms with Crippen LogP contribution in [0.3, 0.4) is 0 Å². The monoisotopic (exact) mass is 233 g/mol. The van der Waals surface area contributed by atoms with Gasteiger partial charge in [-0.2, -0.15) is 0 Å². The van der Waals surface area contributed by atoms with Crippen molar-refractivity contribution in [2.75, 3.05) is 5.73 Å². The predicted molar refractivity (Wildman–Crippen MR) is 67.7 cm³/mol. The van der Waals surface area contributed by atoms with Crippen LogP contribution in [0.5, 0.6) is 0 Å². The third-order valence-corrected chi connectivity index (χ3v) is 3.57. The molecule has 1 heterocycles. The summed E-state index contributed by atoms with van der Waals surface area (Å²) in [5.41, 5.74) is 7.48. The van der Waals surface area contributed by atoms with E-state index in [0.29, 0.717) is 17.2 Å². The Morgan fingerprint density at radius 3 is 2.88 bits per heavy atom. The number of carbonyl (C=O) groups is 1. The third kappa shape index (κ3) is 2.57. The molecule has 1 unspecified atom stereocenters. The molecule has 0 aliphatic heterocycles. The third-order valence-electron chi connectivity index (χ3n) is 3.57. The van der Waals surface area contributed by atoms with Gasteiger partial charge in [0.2, 0.25) is 0 Å². The standard InChI is InChI=1S/C13H19N3O/c1-8(10-4-3-5-10)16-13(17)12-6-11(14)7-15-9(12)2/h6-8,10H,3-5,14H2,1-2H3,(H,16,17). The van der Waals surface area contributed by atoms with Crippen molar-refractivity contribution in [3.05, 3.63) is 23.5 Å². The number of rotatable bonds is 3. The van der Waals surface area contributed by atoms with E-state index in [1.165, 1.54) is 19.3 Å². The average Bonchev–Trinajstić information content (AvgIpc) is 2.18. The van der Waals surface area contributed by atoms with Crippen LogP contribution in [0.25, 0.3) is 0 Å². The van der Waals surface area contributed by atoms with E-state index in [0.717, 1.165) is 5.69 Å². The summed E-state index contributed by atoms with van der Waals surface area (Å²) in [4.78, 5) is 16.2. The molecule has 1 atom stereocenters. The summed E-state index contributed by atoms with van der Waals surface area (Å²) in [6.45, 7) is 3.89. The smallest absolute Gasteiger partial charge is 0.253 e. The Balaban J connectivity index is 2.05. The van der Waals surface area contributed by atoms with E-state index in [-0.39, 0.29) is 11.9 Å². The first kappa shape index (κ1) is 11.9. The summed E-state index contributed by atoms with van der Waals surface area (Å²) >= 11 is 0. The lowest BCUT2D eigenvalue weighted by Crippen LogP contribution is -2.41. The van der Waals surface area contributed by atoms with Crippen molar-refractivity contribution >= 4 is 11.6 Å². The normalized spacial score (nSPS) is 17.3. The van der Waals surface area contributed by atoms with Crippen LogP contribution < -0.4 is 11.1 Å².